The Bertz CT molecular complexity index is 561. The van der Waals surface area contributed by atoms with Gasteiger partial charge in [0, 0.05) is 0 Å². The number of benzene rings is 1. The van der Waals surface area contributed by atoms with E-state index in [1.54, 1.807) is 13.8 Å². The maximum atomic E-state index is 13.8. The Balaban J connectivity index is 2.56. The second-order valence-corrected chi connectivity index (χ2v) is 3.91. The van der Waals surface area contributed by atoms with E-state index in [9.17, 15) is 9.18 Å². The van der Waals surface area contributed by atoms with Crippen molar-refractivity contribution < 1.29 is 18.7 Å². The molecule has 0 saturated carbocycles. The smallest absolute Gasteiger partial charge is 0.371 e. The van der Waals surface area contributed by atoms with Gasteiger partial charge in [-0.15, -0.1) is 0 Å². The molecular formula is C13H11FO3. The second-order valence-electron chi connectivity index (χ2n) is 3.91. The van der Waals surface area contributed by atoms with Crippen molar-refractivity contribution in [2.24, 2.45) is 0 Å². The number of aromatic carboxylic acids is 1. The van der Waals surface area contributed by atoms with Crippen LogP contribution >= 0.6 is 0 Å². The van der Waals surface area contributed by atoms with Gasteiger partial charge in [0.05, 0.1) is 5.56 Å². The topological polar surface area (TPSA) is 50.4 Å². The SMILES string of the molecule is Cc1cc(C)c(-c2ccc(C(=O)O)o2)c(F)c1. The lowest BCUT2D eigenvalue weighted by Gasteiger charge is -2.05. The van der Waals surface area contributed by atoms with Gasteiger partial charge in [0.15, 0.2) is 0 Å². The molecule has 0 aliphatic carbocycles. The molecule has 0 atom stereocenters. The first kappa shape index (κ1) is 11.4. The molecule has 4 heteroatoms. The van der Waals surface area contributed by atoms with Crippen LogP contribution in [0.3, 0.4) is 0 Å². The molecule has 0 radical (unpaired) electrons. The average Bonchev–Trinajstić information content (AvgIpc) is 2.65. The Kier molecular flexibility index (Phi) is 2.71. The number of carboxylic acids is 1. The Morgan fingerprint density at radius 1 is 1.29 bits per heavy atom. The number of rotatable bonds is 2. The number of furan rings is 1. The number of hydrogen-bond donors (Lipinski definition) is 1. The molecule has 0 aliphatic rings. The first-order chi connectivity index (χ1) is 7.99. The molecule has 1 aromatic heterocycles. The summed E-state index contributed by atoms with van der Waals surface area (Å²) in [4.78, 5) is 10.7. The molecule has 0 unspecified atom stereocenters. The molecule has 17 heavy (non-hydrogen) atoms. The van der Waals surface area contributed by atoms with E-state index in [-0.39, 0.29) is 11.5 Å². The number of aryl methyl sites for hydroxylation is 2. The normalized spacial score (nSPS) is 10.5. The van der Waals surface area contributed by atoms with Gasteiger partial charge in [0.2, 0.25) is 5.76 Å². The molecule has 2 aromatic rings. The Morgan fingerprint density at radius 3 is 2.53 bits per heavy atom. The molecule has 88 valence electrons. The van der Waals surface area contributed by atoms with Crippen molar-refractivity contribution in [3.63, 3.8) is 0 Å². The summed E-state index contributed by atoms with van der Waals surface area (Å²) in [5.41, 5.74) is 1.84. The van der Waals surface area contributed by atoms with Crippen LogP contribution in [0.25, 0.3) is 11.3 Å². The van der Waals surface area contributed by atoms with Gasteiger partial charge in [0.1, 0.15) is 11.6 Å². The minimum atomic E-state index is -1.17. The van der Waals surface area contributed by atoms with Crippen LogP contribution in [0.4, 0.5) is 4.39 Å². The summed E-state index contributed by atoms with van der Waals surface area (Å²) in [6, 6.07) is 5.99. The highest BCUT2D eigenvalue weighted by Gasteiger charge is 2.15. The summed E-state index contributed by atoms with van der Waals surface area (Å²) in [6.07, 6.45) is 0. The van der Waals surface area contributed by atoms with E-state index < -0.39 is 11.8 Å². The van der Waals surface area contributed by atoms with Crippen LogP contribution in [0.1, 0.15) is 21.7 Å². The third kappa shape index (κ3) is 2.06. The molecule has 0 amide bonds. The molecule has 0 spiro atoms. The molecule has 2 rings (SSSR count). The first-order valence-electron chi connectivity index (χ1n) is 5.09. The average molecular weight is 234 g/mol. The zero-order chi connectivity index (χ0) is 12.6. The number of carbonyl (C=O) groups is 1. The van der Waals surface area contributed by atoms with Crippen LogP contribution in [-0.2, 0) is 0 Å². The zero-order valence-corrected chi connectivity index (χ0v) is 9.45. The second kappa shape index (κ2) is 4.05. The summed E-state index contributed by atoms with van der Waals surface area (Å²) in [6.45, 7) is 3.55. The van der Waals surface area contributed by atoms with Crippen molar-refractivity contribution >= 4 is 5.97 Å². The first-order valence-corrected chi connectivity index (χ1v) is 5.09. The van der Waals surface area contributed by atoms with Crippen molar-refractivity contribution in [3.8, 4) is 11.3 Å². The third-order valence-electron chi connectivity index (χ3n) is 2.49. The van der Waals surface area contributed by atoms with Crippen molar-refractivity contribution in [1.29, 1.82) is 0 Å². The third-order valence-corrected chi connectivity index (χ3v) is 2.49. The van der Waals surface area contributed by atoms with Crippen molar-refractivity contribution in [2.45, 2.75) is 13.8 Å². The fraction of sp³-hybridized carbons (Fsp3) is 0.154. The Morgan fingerprint density at radius 2 is 2.00 bits per heavy atom. The molecule has 1 heterocycles. The van der Waals surface area contributed by atoms with Crippen molar-refractivity contribution in [2.75, 3.05) is 0 Å². The predicted octanol–water partition coefficient (Wildman–Crippen LogP) is 3.40. The van der Waals surface area contributed by atoms with Crippen molar-refractivity contribution in [3.05, 3.63) is 47.0 Å². The summed E-state index contributed by atoms with van der Waals surface area (Å²) in [7, 11) is 0. The summed E-state index contributed by atoms with van der Waals surface area (Å²) in [5.74, 6) is -1.54. The predicted molar refractivity (Wildman–Crippen MR) is 60.5 cm³/mol. The van der Waals surface area contributed by atoms with Crippen LogP contribution in [0, 0.1) is 19.7 Å². The minimum Gasteiger partial charge on any atom is -0.475 e. The Labute approximate surface area is 97.5 Å². The molecule has 3 nitrogen and oxygen atoms in total. The van der Waals surface area contributed by atoms with E-state index in [1.165, 1.54) is 18.2 Å². The zero-order valence-electron chi connectivity index (χ0n) is 9.45. The summed E-state index contributed by atoms with van der Waals surface area (Å²) in [5, 5.41) is 8.74. The number of hydrogen-bond acceptors (Lipinski definition) is 2. The number of halogens is 1. The monoisotopic (exact) mass is 234 g/mol. The molecule has 1 aromatic carbocycles. The highest BCUT2D eigenvalue weighted by Crippen LogP contribution is 2.29. The van der Waals surface area contributed by atoms with Gasteiger partial charge in [-0.3, -0.25) is 0 Å². The standard InChI is InChI=1S/C13H11FO3/c1-7-5-8(2)12(9(14)6-7)10-3-4-11(17-10)13(15)16/h3-6H,1-2H3,(H,15,16). The van der Waals surface area contributed by atoms with Gasteiger partial charge in [-0.25, -0.2) is 9.18 Å². The fourth-order valence-electron chi connectivity index (χ4n) is 1.81. The van der Waals surface area contributed by atoms with E-state index in [4.69, 9.17) is 9.52 Å². The summed E-state index contributed by atoms with van der Waals surface area (Å²) >= 11 is 0. The molecule has 0 bridgehead atoms. The highest BCUT2D eigenvalue weighted by atomic mass is 19.1. The lowest BCUT2D eigenvalue weighted by molar-refractivity contribution is 0.0663. The molecular weight excluding hydrogens is 223 g/mol. The van der Waals surface area contributed by atoms with Crippen LogP contribution in [0.15, 0.2) is 28.7 Å². The molecule has 1 N–H and O–H groups in total. The van der Waals surface area contributed by atoms with Gasteiger partial charge in [-0.1, -0.05) is 6.07 Å². The Hall–Kier alpha value is -2.10. The lowest BCUT2D eigenvalue weighted by atomic mass is 10.0. The van der Waals surface area contributed by atoms with Crippen molar-refractivity contribution in [1.82, 2.24) is 0 Å². The van der Waals surface area contributed by atoms with Gasteiger partial charge in [-0.05, 0) is 43.2 Å². The van der Waals surface area contributed by atoms with Crippen LogP contribution in [0.5, 0.6) is 0 Å². The maximum Gasteiger partial charge on any atom is 0.371 e. The van der Waals surface area contributed by atoms with E-state index in [0.717, 1.165) is 5.56 Å². The van der Waals surface area contributed by atoms with Crippen LogP contribution in [0.2, 0.25) is 0 Å². The molecule has 0 aliphatic heterocycles. The van der Waals surface area contributed by atoms with Gasteiger partial charge < -0.3 is 9.52 Å². The van der Waals surface area contributed by atoms with E-state index >= 15 is 0 Å². The maximum absolute atomic E-state index is 13.8. The molecule has 0 saturated heterocycles. The quantitative estimate of drug-likeness (QED) is 0.866. The van der Waals surface area contributed by atoms with E-state index in [0.29, 0.717) is 11.1 Å². The summed E-state index contributed by atoms with van der Waals surface area (Å²) < 4.78 is 18.9. The van der Waals surface area contributed by atoms with Gasteiger partial charge in [0.25, 0.3) is 0 Å². The highest BCUT2D eigenvalue weighted by molar-refractivity contribution is 5.85. The minimum absolute atomic E-state index is 0.195. The van der Waals surface area contributed by atoms with E-state index in [1.807, 2.05) is 6.07 Å². The largest absolute Gasteiger partial charge is 0.475 e. The fourth-order valence-corrected chi connectivity index (χ4v) is 1.81. The number of carboxylic acid groups (broad SMARTS) is 1. The molecule has 0 fully saturated rings. The lowest BCUT2D eigenvalue weighted by Crippen LogP contribution is -1.92. The van der Waals surface area contributed by atoms with Crippen LogP contribution < -0.4 is 0 Å². The van der Waals surface area contributed by atoms with Gasteiger partial charge >= 0.3 is 5.97 Å². The van der Waals surface area contributed by atoms with Crippen LogP contribution in [-0.4, -0.2) is 11.1 Å². The van der Waals surface area contributed by atoms with Gasteiger partial charge in [-0.2, -0.15) is 0 Å². The van der Waals surface area contributed by atoms with E-state index in [2.05, 4.69) is 0 Å².